The van der Waals surface area contributed by atoms with Crippen LogP contribution in [0, 0.1) is 6.92 Å². The Morgan fingerprint density at radius 3 is 2.84 bits per heavy atom. The van der Waals surface area contributed by atoms with Gasteiger partial charge in [-0.3, -0.25) is 4.68 Å². The second-order valence-corrected chi connectivity index (χ2v) is 5.40. The molecule has 0 saturated carbocycles. The lowest BCUT2D eigenvalue weighted by atomic mass is 10.1. The molecule has 108 valence electrons. The van der Waals surface area contributed by atoms with Crippen LogP contribution in [0.5, 0.6) is 0 Å². The Bertz CT molecular complexity index is 429. The van der Waals surface area contributed by atoms with E-state index in [1.165, 1.54) is 11.4 Å². The molecule has 1 N–H and O–H groups in total. The van der Waals surface area contributed by atoms with E-state index in [0.717, 1.165) is 31.8 Å². The molecule has 0 amide bonds. The van der Waals surface area contributed by atoms with E-state index >= 15 is 0 Å². The summed E-state index contributed by atoms with van der Waals surface area (Å²) >= 11 is 0. The molecule has 2 rings (SSSR count). The molecule has 19 heavy (non-hydrogen) atoms. The van der Waals surface area contributed by atoms with Crippen molar-refractivity contribution in [2.45, 2.75) is 45.9 Å². The van der Waals surface area contributed by atoms with Gasteiger partial charge in [-0.1, -0.05) is 6.92 Å². The maximum Gasteiger partial charge on any atom is 0.131 e. The molecule has 0 radical (unpaired) electrons. The van der Waals surface area contributed by atoms with Crippen LogP contribution in [0.15, 0.2) is 0 Å². The zero-order valence-electron chi connectivity index (χ0n) is 12.7. The topological polar surface area (TPSA) is 42.3 Å². The number of aromatic nitrogens is 2. The van der Waals surface area contributed by atoms with E-state index < -0.39 is 0 Å². The highest BCUT2D eigenvalue weighted by atomic mass is 16.5. The lowest BCUT2D eigenvalue weighted by Crippen LogP contribution is -2.49. The van der Waals surface area contributed by atoms with E-state index in [2.05, 4.69) is 36.1 Å². The second kappa shape index (κ2) is 5.92. The van der Waals surface area contributed by atoms with E-state index in [1.54, 1.807) is 0 Å². The van der Waals surface area contributed by atoms with Crippen molar-refractivity contribution in [3.63, 3.8) is 0 Å². The van der Waals surface area contributed by atoms with Gasteiger partial charge in [0.05, 0.1) is 24.4 Å². The summed E-state index contributed by atoms with van der Waals surface area (Å²) < 4.78 is 7.81. The third-order valence-corrected chi connectivity index (χ3v) is 3.88. The average Bonchev–Trinajstić information content (AvgIpc) is 2.65. The van der Waals surface area contributed by atoms with Gasteiger partial charge in [0, 0.05) is 25.7 Å². The zero-order chi connectivity index (χ0) is 14.0. The molecule has 1 aromatic heterocycles. The standard InChI is InChI=1S/C14H26N4O/c1-6-12-9-19-10(2)8-18(12)14-13(7-15-4)11(3)16-17(14)5/h10,12,15H,6-9H2,1-5H3. The quantitative estimate of drug-likeness (QED) is 0.896. The predicted molar refractivity (Wildman–Crippen MR) is 77.5 cm³/mol. The van der Waals surface area contributed by atoms with Crippen molar-refractivity contribution in [3.8, 4) is 0 Å². The summed E-state index contributed by atoms with van der Waals surface area (Å²) in [7, 11) is 4.02. The Morgan fingerprint density at radius 1 is 1.47 bits per heavy atom. The molecule has 5 heteroatoms. The van der Waals surface area contributed by atoms with Crippen molar-refractivity contribution in [1.82, 2.24) is 15.1 Å². The summed E-state index contributed by atoms with van der Waals surface area (Å²) in [6, 6.07) is 0.446. The van der Waals surface area contributed by atoms with E-state index in [0.29, 0.717) is 6.04 Å². The van der Waals surface area contributed by atoms with E-state index in [-0.39, 0.29) is 6.10 Å². The van der Waals surface area contributed by atoms with Gasteiger partial charge in [0.1, 0.15) is 5.82 Å². The summed E-state index contributed by atoms with van der Waals surface area (Å²) in [4.78, 5) is 2.47. The van der Waals surface area contributed by atoms with Crippen molar-refractivity contribution in [2.75, 3.05) is 25.1 Å². The van der Waals surface area contributed by atoms with Crippen LogP contribution in [-0.4, -0.2) is 42.1 Å². The SMILES string of the molecule is CCC1COC(C)CN1c1c(CNC)c(C)nn1C. The molecule has 0 aliphatic carbocycles. The van der Waals surface area contributed by atoms with E-state index in [4.69, 9.17) is 4.74 Å². The minimum atomic E-state index is 0.278. The van der Waals surface area contributed by atoms with Crippen molar-refractivity contribution in [2.24, 2.45) is 7.05 Å². The highest BCUT2D eigenvalue weighted by molar-refractivity contribution is 5.51. The molecule has 0 bridgehead atoms. The van der Waals surface area contributed by atoms with Crippen LogP contribution >= 0.6 is 0 Å². The fourth-order valence-corrected chi connectivity index (χ4v) is 2.87. The summed E-state index contributed by atoms with van der Waals surface area (Å²) in [5.74, 6) is 1.24. The number of morpholine rings is 1. The fraction of sp³-hybridized carbons (Fsp3) is 0.786. The first-order valence-corrected chi connectivity index (χ1v) is 7.13. The normalized spacial score (nSPS) is 23.9. The van der Waals surface area contributed by atoms with Gasteiger partial charge in [-0.25, -0.2) is 0 Å². The molecule has 1 saturated heterocycles. The molecule has 2 heterocycles. The summed E-state index contributed by atoms with van der Waals surface area (Å²) in [6.07, 6.45) is 1.37. The average molecular weight is 266 g/mol. The van der Waals surface area contributed by atoms with Gasteiger partial charge in [0.25, 0.3) is 0 Å². The Morgan fingerprint density at radius 2 is 2.21 bits per heavy atom. The van der Waals surface area contributed by atoms with E-state index in [1.807, 2.05) is 18.8 Å². The molecule has 0 aromatic carbocycles. The molecule has 1 fully saturated rings. The molecular formula is C14H26N4O. The van der Waals surface area contributed by atoms with Crippen LogP contribution in [0.25, 0.3) is 0 Å². The molecule has 1 aliphatic rings. The second-order valence-electron chi connectivity index (χ2n) is 5.40. The number of hydrogen-bond donors (Lipinski definition) is 1. The fourth-order valence-electron chi connectivity index (χ4n) is 2.87. The first-order chi connectivity index (χ1) is 9.08. The molecule has 2 unspecified atom stereocenters. The summed E-state index contributed by atoms with van der Waals surface area (Å²) in [5, 5.41) is 7.84. The highest BCUT2D eigenvalue weighted by Crippen LogP contribution is 2.28. The van der Waals surface area contributed by atoms with Crippen LogP contribution in [0.2, 0.25) is 0 Å². The van der Waals surface area contributed by atoms with Crippen LogP contribution in [-0.2, 0) is 18.3 Å². The number of ether oxygens (including phenoxy) is 1. The largest absolute Gasteiger partial charge is 0.375 e. The number of aryl methyl sites for hydroxylation is 2. The number of rotatable bonds is 4. The third-order valence-electron chi connectivity index (χ3n) is 3.88. The molecule has 5 nitrogen and oxygen atoms in total. The Labute approximate surface area is 115 Å². The number of nitrogens with zero attached hydrogens (tertiary/aromatic N) is 3. The lowest BCUT2D eigenvalue weighted by molar-refractivity contribution is 0.0292. The Balaban J connectivity index is 2.37. The zero-order valence-corrected chi connectivity index (χ0v) is 12.7. The maximum atomic E-state index is 5.79. The first kappa shape index (κ1) is 14.3. The van der Waals surface area contributed by atoms with Gasteiger partial charge in [-0.15, -0.1) is 0 Å². The summed E-state index contributed by atoms with van der Waals surface area (Å²) in [5.41, 5.74) is 2.42. The van der Waals surface area contributed by atoms with Crippen molar-refractivity contribution in [1.29, 1.82) is 0 Å². The van der Waals surface area contributed by atoms with Gasteiger partial charge in [0.2, 0.25) is 0 Å². The van der Waals surface area contributed by atoms with Gasteiger partial charge in [-0.05, 0) is 27.3 Å². The molecule has 1 aliphatic heterocycles. The van der Waals surface area contributed by atoms with Gasteiger partial charge in [-0.2, -0.15) is 5.10 Å². The van der Waals surface area contributed by atoms with Crippen molar-refractivity contribution >= 4 is 5.82 Å². The van der Waals surface area contributed by atoms with Crippen LogP contribution in [0.1, 0.15) is 31.5 Å². The minimum Gasteiger partial charge on any atom is -0.375 e. The van der Waals surface area contributed by atoms with E-state index in [9.17, 15) is 0 Å². The third kappa shape index (κ3) is 2.77. The molecule has 2 atom stereocenters. The number of nitrogens with one attached hydrogen (secondary N) is 1. The van der Waals surface area contributed by atoms with Gasteiger partial charge < -0.3 is 15.0 Å². The predicted octanol–water partition coefficient (Wildman–Crippen LogP) is 1.45. The summed E-state index contributed by atoms with van der Waals surface area (Å²) in [6.45, 7) is 9.05. The van der Waals surface area contributed by atoms with Crippen LogP contribution < -0.4 is 10.2 Å². The number of hydrogen-bond acceptors (Lipinski definition) is 4. The van der Waals surface area contributed by atoms with Gasteiger partial charge in [0.15, 0.2) is 0 Å². The minimum absolute atomic E-state index is 0.278. The Hall–Kier alpha value is -1.07. The Kier molecular flexibility index (Phi) is 4.47. The maximum absolute atomic E-state index is 5.79. The molecular weight excluding hydrogens is 240 g/mol. The number of anilines is 1. The highest BCUT2D eigenvalue weighted by Gasteiger charge is 2.30. The van der Waals surface area contributed by atoms with Crippen LogP contribution in [0.3, 0.4) is 0 Å². The molecule has 1 aromatic rings. The van der Waals surface area contributed by atoms with Crippen molar-refractivity contribution in [3.05, 3.63) is 11.3 Å². The van der Waals surface area contributed by atoms with Crippen LogP contribution in [0.4, 0.5) is 5.82 Å². The first-order valence-electron chi connectivity index (χ1n) is 7.13. The smallest absolute Gasteiger partial charge is 0.131 e. The molecule has 0 spiro atoms. The lowest BCUT2D eigenvalue weighted by Gasteiger charge is -2.40. The monoisotopic (exact) mass is 266 g/mol. The van der Waals surface area contributed by atoms with Gasteiger partial charge >= 0.3 is 0 Å². The van der Waals surface area contributed by atoms with Crippen molar-refractivity contribution < 1.29 is 4.74 Å².